The molecule has 2 aliphatic rings. The maximum absolute atomic E-state index is 13.3. The predicted molar refractivity (Wildman–Crippen MR) is 122 cm³/mol. The summed E-state index contributed by atoms with van der Waals surface area (Å²) in [6.45, 7) is 8.05. The molecular weight excluding hydrogens is 425 g/mol. The van der Waals surface area contributed by atoms with Crippen LogP contribution in [0.5, 0.6) is 5.75 Å². The number of carbonyl (C=O) groups is 1. The molecule has 0 aliphatic carbocycles. The maximum Gasteiger partial charge on any atom is 0.225 e. The quantitative estimate of drug-likeness (QED) is 0.628. The van der Waals surface area contributed by atoms with Gasteiger partial charge in [-0.1, -0.05) is 0 Å². The number of hydrogen-bond acceptors (Lipinski definition) is 6. The standard InChI is InChI=1S/C24H34FN5O3/c1-19-15-26-28(3)22(19)16-29-12-13-33-24(17-29,18-32-21-6-4-20(25)5-7-21)14-23(31)30-10-8-27(2)9-11-30/h4-7,15H,8-14,16-18H2,1-3H3. The van der Waals surface area contributed by atoms with E-state index in [2.05, 4.69) is 28.9 Å². The third kappa shape index (κ3) is 5.90. The summed E-state index contributed by atoms with van der Waals surface area (Å²) in [5, 5.41) is 4.36. The zero-order valence-corrected chi connectivity index (χ0v) is 19.8. The normalized spacial score (nSPS) is 22.5. The molecule has 0 bridgehead atoms. The molecule has 33 heavy (non-hydrogen) atoms. The fourth-order valence-electron chi connectivity index (χ4n) is 4.50. The average molecular weight is 460 g/mol. The summed E-state index contributed by atoms with van der Waals surface area (Å²) in [5.74, 6) is 0.337. The van der Waals surface area contributed by atoms with E-state index in [1.54, 1.807) is 12.1 Å². The minimum atomic E-state index is -0.778. The molecule has 9 heteroatoms. The molecule has 2 fully saturated rings. The molecule has 3 heterocycles. The van der Waals surface area contributed by atoms with E-state index in [0.717, 1.165) is 50.5 Å². The van der Waals surface area contributed by atoms with Crippen molar-refractivity contribution in [2.75, 3.05) is 59.5 Å². The summed E-state index contributed by atoms with van der Waals surface area (Å²) < 4.78 is 27.5. The van der Waals surface area contributed by atoms with E-state index in [-0.39, 0.29) is 24.8 Å². The molecule has 180 valence electrons. The Morgan fingerprint density at radius 2 is 1.88 bits per heavy atom. The molecular formula is C24H34FN5O3. The molecule has 1 aromatic carbocycles. The lowest BCUT2D eigenvalue weighted by Crippen LogP contribution is -2.58. The van der Waals surface area contributed by atoms with Gasteiger partial charge in [0, 0.05) is 52.9 Å². The number of benzene rings is 1. The number of nitrogens with zero attached hydrogens (tertiary/aromatic N) is 5. The van der Waals surface area contributed by atoms with Crippen molar-refractivity contribution in [3.63, 3.8) is 0 Å². The van der Waals surface area contributed by atoms with Crippen molar-refractivity contribution >= 4 is 5.91 Å². The number of piperazine rings is 1. The smallest absolute Gasteiger partial charge is 0.225 e. The number of morpholine rings is 1. The highest BCUT2D eigenvalue weighted by Gasteiger charge is 2.41. The van der Waals surface area contributed by atoms with Crippen molar-refractivity contribution < 1.29 is 18.7 Å². The van der Waals surface area contributed by atoms with Crippen LogP contribution in [0, 0.1) is 12.7 Å². The summed E-state index contributed by atoms with van der Waals surface area (Å²) in [7, 11) is 4.02. The molecule has 1 amide bonds. The first-order chi connectivity index (χ1) is 15.8. The highest BCUT2D eigenvalue weighted by atomic mass is 19.1. The van der Waals surface area contributed by atoms with Crippen molar-refractivity contribution in [1.82, 2.24) is 24.5 Å². The van der Waals surface area contributed by atoms with Crippen molar-refractivity contribution in [3.8, 4) is 5.75 Å². The van der Waals surface area contributed by atoms with E-state index < -0.39 is 5.60 Å². The molecule has 4 rings (SSSR count). The van der Waals surface area contributed by atoms with Crippen LogP contribution in [0.4, 0.5) is 4.39 Å². The van der Waals surface area contributed by atoms with E-state index in [1.165, 1.54) is 12.1 Å². The summed E-state index contributed by atoms with van der Waals surface area (Å²) in [6, 6.07) is 5.95. The summed E-state index contributed by atoms with van der Waals surface area (Å²) >= 11 is 0. The number of aromatic nitrogens is 2. The lowest BCUT2D eigenvalue weighted by Gasteiger charge is -2.43. The molecule has 0 saturated carbocycles. The first-order valence-corrected chi connectivity index (χ1v) is 11.5. The van der Waals surface area contributed by atoms with Gasteiger partial charge < -0.3 is 19.3 Å². The van der Waals surface area contributed by atoms with Crippen LogP contribution in [0.3, 0.4) is 0 Å². The van der Waals surface area contributed by atoms with Gasteiger partial charge in [0.25, 0.3) is 0 Å². The second-order valence-electron chi connectivity index (χ2n) is 9.24. The number of hydrogen-bond donors (Lipinski definition) is 0. The van der Waals surface area contributed by atoms with E-state index in [9.17, 15) is 9.18 Å². The fraction of sp³-hybridized carbons (Fsp3) is 0.583. The lowest BCUT2D eigenvalue weighted by atomic mass is 9.96. The number of halogens is 1. The number of ether oxygens (including phenoxy) is 2. The van der Waals surface area contributed by atoms with Crippen LogP contribution in [0.15, 0.2) is 30.5 Å². The molecule has 8 nitrogen and oxygen atoms in total. The Hall–Kier alpha value is -2.49. The summed E-state index contributed by atoms with van der Waals surface area (Å²) in [4.78, 5) is 19.7. The first kappa shape index (κ1) is 23.7. The molecule has 2 saturated heterocycles. The zero-order chi connectivity index (χ0) is 23.4. The van der Waals surface area contributed by atoms with Crippen molar-refractivity contribution in [2.45, 2.75) is 25.5 Å². The van der Waals surface area contributed by atoms with Crippen LogP contribution < -0.4 is 4.74 Å². The molecule has 0 radical (unpaired) electrons. The Labute approximate surface area is 194 Å². The molecule has 0 spiro atoms. The van der Waals surface area contributed by atoms with Crippen LogP contribution in [-0.2, 0) is 23.1 Å². The third-order valence-electron chi connectivity index (χ3n) is 6.62. The van der Waals surface area contributed by atoms with Gasteiger partial charge in [-0.05, 0) is 43.8 Å². The van der Waals surface area contributed by atoms with Gasteiger partial charge in [0.2, 0.25) is 5.91 Å². The Balaban J connectivity index is 1.49. The minimum absolute atomic E-state index is 0.0874. The Bertz CT molecular complexity index is 923. The Morgan fingerprint density at radius 3 is 2.55 bits per heavy atom. The topological polar surface area (TPSA) is 63.1 Å². The van der Waals surface area contributed by atoms with Gasteiger partial charge in [0.1, 0.15) is 23.8 Å². The van der Waals surface area contributed by atoms with Gasteiger partial charge in [-0.2, -0.15) is 5.10 Å². The lowest BCUT2D eigenvalue weighted by molar-refractivity contribution is -0.158. The Kier molecular flexibility index (Phi) is 7.31. The number of aryl methyl sites for hydroxylation is 2. The number of likely N-dealkylation sites (N-methyl/N-ethyl adjacent to an activating group) is 1. The van der Waals surface area contributed by atoms with Gasteiger partial charge in [-0.25, -0.2) is 4.39 Å². The van der Waals surface area contributed by atoms with Gasteiger partial charge in [0.15, 0.2) is 0 Å². The van der Waals surface area contributed by atoms with Crippen molar-refractivity contribution in [2.24, 2.45) is 7.05 Å². The van der Waals surface area contributed by atoms with Crippen molar-refractivity contribution in [1.29, 1.82) is 0 Å². The number of amides is 1. The highest BCUT2D eigenvalue weighted by molar-refractivity contribution is 5.77. The summed E-state index contributed by atoms with van der Waals surface area (Å²) in [5.41, 5.74) is 1.51. The molecule has 1 aromatic heterocycles. The van der Waals surface area contributed by atoms with Gasteiger partial charge in [-0.3, -0.25) is 14.4 Å². The van der Waals surface area contributed by atoms with Crippen LogP contribution in [0.1, 0.15) is 17.7 Å². The number of rotatable bonds is 7. The molecule has 1 unspecified atom stereocenters. The first-order valence-electron chi connectivity index (χ1n) is 11.5. The van der Waals surface area contributed by atoms with E-state index in [1.807, 2.05) is 22.8 Å². The van der Waals surface area contributed by atoms with Crippen LogP contribution in [0.25, 0.3) is 0 Å². The third-order valence-corrected chi connectivity index (χ3v) is 6.62. The average Bonchev–Trinajstić information content (AvgIpc) is 3.11. The predicted octanol–water partition coefficient (Wildman–Crippen LogP) is 1.68. The van der Waals surface area contributed by atoms with Crippen LogP contribution >= 0.6 is 0 Å². The highest BCUT2D eigenvalue weighted by Crippen LogP contribution is 2.27. The van der Waals surface area contributed by atoms with Crippen LogP contribution in [0.2, 0.25) is 0 Å². The zero-order valence-electron chi connectivity index (χ0n) is 19.8. The number of carbonyl (C=O) groups excluding carboxylic acids is 1. The second kappa shape index (κ2) is 10.2. The van der Waals surface area contributed by atoms with Gasteiger partial charge in [0.05, 0.1) is 24.9 Å². The molecule has 1 atom stereocenters. The molecule has 0 N–H and O–H groups in total. The van der Waals surface area contributed by atoms with Crippen LogP contribution in [-0.4, -0.2) is 95.5 Å². The fourth-order valence-corrected chi connectivity index (χ4v) is 4.50. The SMILES string of the molecule is Cc1cnn(C)c1CN1CCOC(COc2ccc(F)cc2)(CC(=O)N2CCN(C)CC2)C1. The van der Waals surface area contributed by atoms with E-state index >= 15 is 0 Å². The summed E-state index contributed by atoms with van der Waals surface area (Å²) in [6.07, 6.45) is 2.12. The van der Waals surface area contributed by atoms with Gasteiger partial charge in [-0.15, -0.1) is 0 Å². The second-order valence-corrected chi connectivity index (χ2v) is 9.24. The van der Waals surface area contributed by atoms with Gasteiger partial charge >= 0.3 is 0 Å². The monoisotopic (exact) mass is 459 g/mol. The molecule has 2 aromatic rings. The molecule has 2 aliphatic heterocycles. The van der Waals surface area contributed by atoms with Crippen molar-refractivity contribution in [3.05, 3.63) is 47.5 Å². The minimum Gasteiger partial charge on any atom is -0.491 e. The maximum atomic E-state index is 13.3. The Morgan fingerprint density at radius 1 is 1.15 bits per heavy atom. The van der Waals surface area contributed by atoms with E-state index in [0.29, 0.717) is 18.9 Å². The van der Waals surface area contributed by atoms with E-state index in [4.69, 9.17) is 9.47 Å². The largest absolute Gasteiger partial charge is 0.491 e.